The molecule has 1 aliphatic rings. The number of amides is 1. The van der Waals surface area contributed by atoms with E-state index in [1.807, 2.05) is 47.4 Å². The van der Waals surface area contributed by atoms with Gasteiger partial charge in [-0.05, 0) is 36.1 Å². The van der Waals surface area contributed by atoms with Crippen molar-refractivity contribution in [2.24, 2.45) is 0 Å². The number of benzene rings is 2. The Morgan fingerprint density at radius 2 is 2.00 bits per heavy atom. The van der Waals surface area contributed by atoms with Crippen LogP contribution in [0, 0.1) is 11.3 Å². The highest BCUT2D eigenvalue weighted by molar-refractivity contribution is 6.31. The second kappa shape index (κ2) is 7.87. The zero-order valence-corrected chi connectivity index (χ0v) is 14.5. The van der Waals surface area contributed by atoms with Gasteiger partial charge in [0.05, 0.1) is 0 Å². The number of hydrogen-bond acceptors (Lipinski definition) is 3. The summed E-state index contributed by atoms with van der Waals surface area (Å²) in [5.41, 5.74) is 3.20. The summed E-state index contributed by atoms with van der Waals surface area (Å²) in [5.74, 6) is -0.398. The van der Waals surface area contributed by atoms with Crippen LogP contribution in [0.2, 0.25) is 5.02 Å². The number of aryl methyl sites for hydroxylation is 1. The molecule has 0 aliphatic carbocycles. The minimum absolute atomic E-state index is 0.0868. The first kappa shape index (κ1) is 17.1. The molecule has 0 saturated carbocycles. The first-order valence-corrected chi connectivity index (χ1v) is 8.55. The van der Waals surface area contributed by atoms with Crippen molar-refractivity contribution in [3.05, 3.63) is 76.5 Å². The fourth-order valence-corrected chi connectivity index (χ4v) is 3.11. The quantitative estimate of drug-likeness (QED) is 0.673. The van der Waals surface area contributed by atoms with E-state index < -0.39 is 5.91 Å². The Bertz CT molecular complexity index is 854. The van der Waals surface area contributed by atoms with E-state index in [1.165, 1.54) is 5.56 Å². The molecule has 1 heterocycles. The molecular formula is C20H18ClN3O. The Hall–Kier alpha value is -2.77. The summed E-state index contributed by atoms with van der Waals surface area (Å²) in [6.45, 7) is 1.08. The summed E-state index contributed by atoms with van der Waals surface area (Å²) in [6.07, 6.45) is 3.65. The molecule has 1 aliphatic heterocycles. The highest BCUT2D eigenvalue weighted by Gasteiger charge is 2.17. The third-order valence-electron chi connectivity index (χ3n) is 4.19. The van der Waals surface area contributed by atoms with Gasteiger partial charge in [0.1, 0.15) is 11.6 Å². The molecule has 1 amide bonds. The molecule has 0 unspecified atom stereocenters. The fourth-order valence-electron chi connectivity index (χ4n) is 2.90. The third-order valence-corrected chi connectivity index (χ3v) is 4.56. The molecule has 4 nitrogen and oxygen atoms in total. The molecule has 1 N–H and O–H groups in total. The predicted molar refractivity (Wildman–Crippen MR) is 99.1 cm³/mol. The molecule has 2 aromatic rings. The molecule has 0 aromatic heterocycles. The smallest absolute Gasteiger partial charge is 0.263 e. The van der Waals surface area contributed by atoms with Gasteiger partial charge >= 0.3 is 0 Å². The summed E-state index contributed by atoms with van der Waals surface area (Å²) in [7, 11) is 0. The Morgan fingerprint density at radius 1 is 1.24 bits per heavy atom. The van der Waals surface area contributed by atoms with E-state index in [0.29, 0.717) is 5.02 Å². The molecule has 3 rings (SSSR count). The summed E-state index contributed by atoms with van der Waals surface area (Å²) in [4.78, 5) is 14.4. The van der Waals surface area contributed by atoms with Crippen LogP contribution < -0.4 is 10.2 Å². The van der Waals surface area contributed by atoms with Gasteiger partial charge in [-0.3, -0.25) is 4.79 Å². The van der Waals surface area contributed by atoms with Gasteiger partial charge in [-0.2, -0.15) is 5.26 Å². The molecule has 0 saturated heterocycles. The summed E-state index contributed by atoms with van der Waals surface area (Å²) in [5, 5.41) is 12.8. The third kappa shape index (κ3) is 4.01. The van der Waals surface area contributed by atoms with Crippen molar-refractivity contribution < 1.29 is 4.79 Å². The van der Waals surface area contributed by atoms with Gasteiger partial charge in [-0.15, -0.1) is 0 Å². The van der Waals surface area contributed by atoms with Crippen LogP contribution in [-0.4, -0.2) is 12.5 Å². The van der Waals surface area contributed by atoms with Crippen LogP contribution in [0.1, 0.15) is 17.5 Å². The molecule has 0 spiro atoms. The minimum atomic E-state index is -0.398. The van der Waals surface area contributed by atoms with Gasteiger partial charge in [0.25, 0.3) is 5.91 Å². The van der Waals surface area contributed by atoms with Crippen molar-refractivity contribution in [2.75, 3.05) is 11.4 Å². The number of anilines is 1. The average molecular weight is 352 g/mol. The Balaban J connectivity index is 1.74. The maximum absolute atomic E-state index is 12.4. The number of fused-ring (bicyclic) bond motifs is 1. The number of nitrogens with zero attached hydrogens (tertiary/aromatic N) is 2. The number of para-hydroxylation sites is 1. The SMILES string of the molecule is N#C/C(=C/N1CCCc2ccccc21)C(=O)NCc1ccccc1Cl. The number of hydrogen-bond donors (Lipinski definition) is 1. The number of nitriles is 1. The number of halogens is 1. The first-order chi connectivity index (χ1) is 12.2. The maximum Gasteiger partial charge on any atom is 0.263 e. The van der Waals surface area contributed by atoms with Crippen LogP contribution >= 0.6 is 11.6 Å². The lowest BCUT2D eigenvalue weighted by atomic mass is 10.0. The molecule has 0 radical (unpaired) electrons. The number of carbonyl (C=O) groups excluding carboxylic acids is 1. The molecule has 0 fully saturated rings. The standard InChI is InChI=1S/C20H18ClN3O/c21-18-9-3-1-7-16(18)13-23-20(25)17(12-22)14-24-11-5-8-15-6-2-4-10-19(15)24/h1-4,6-7,9-10,14H,5,8,11,13H2,(H,23,25)/b17-14-. The Kier molecular flexibility index (Phi) is 5.37. The van der Waals surface area contributed by atoms with E-state index in [0.717, 1.165) is 30.6 Å². The van der Waals surface area contributed by atoms with Crippen LogP contribution in [0.4, 0.5) is 5.69 Å². The zero-order chi connectivity index (χ0) is 17.6. The van der Waals surface area contributed by atoms with Crippen LogP contribution in [0.3, 0.4) is 0 Å². The van der Waals surface area contributed by atoms with Crippen molar-refractivity contribution in [1.29, 1.82) is 5.26 Å². The van der Waals surface area contributed by atoms with Crippen molar-refractivity contribution in [3.63, 3.8) is 0 Å². The van der Waals surface area contributed by atoms with E-state index in [9.17, 15) is 10.1 Å². The molecule has 0 bridgehead atoms. The van der Waals surface area contributed by atoms with Crippen molar-refractivity contribution in [1.82, 2.24) is 5.32 Å². The van der Waals surface area contributed by atoms with E-state index in [2.05, 4.69) is 11.4 Å². The van der Waals surface area contributed by atoms with Gasteiger partial charge in [0.15, 0.2) is 0 Å². The zero-order valence-electron chi connectivity index (χ0n) is 13.7. The number of rotatable bonds is 4. The van der Waals surface area contributed by atoms with E-state index in [-0.39, 0.29) is 12.1 Å². The largest absolute Gasteiger partial charge is 0.347 e. The van der Waals surface area contributed by atoms with Gasteiger partial charge in [0.2, 0.25) is 0 Å². The number of carbonyl (C=O) groups is 1. The highest BCUT2D eigenvalue weighted by Crippen LogP contribution is 2.27. The van der Waals surface area contributed by atoms with Gasteiger partial charge < -0.3 is 10.2 Å². The highest BCUT2D eigenvalue weighted by atomic mass is 35.5. The summed E-state index contributed by atoms with van der Waals surface area (Å²) < 4.78 is 0. The molecular weight excluding hydrogens is 334 g/mol. The van der Waals surface area contributed by atoms with Gasteiger partial charge in [-0.25, -0.2) is 0 Å². The van der Waals surface area contributed by atoms with E-state index in [4.69, 9.17) is 11.6 Å². The molecule has 2 aromatic carbocycles. The van der Waals surface area contributed by atoms with Crippen molar-refractivity contribution >= 4 is 23.2 Å². The normalized spacial score (nSPS) is 13.8. The van der Waals surface area contributed by atoms with Crippen molar-refractivity contribution in [3.8, 4) is 6.07 Å². The monoisotopic (exact) mass is 351 g/mol. The first-order valence-electron chi connectivity index (χ1n) is 8.17. The molecule has 25 heavy (non-hydrogen) atoms. The summed E-state index contributed by atoms with van der Waals surface area (Å²) >= 11 is 6.09. The topological polar surface area (TPSA) is 56.1 Å². The van der Waals surface area contributed by atoms with Gasteiger partial charge in [0, 0.05) is 30.0 Å². The Morgan fingerprint density at radius 3 is 2.80 bits per heavy atom. The van der Waals surface area contributed by atoms with Crippen molar-refractivity contribution in [2.45, 2.75) is 19.4 Å². The van der Waals surface area contributed by atoms with Crippen LogP contribution in [0.25, 0.3) is 0 Å². The average Bonchev–Trinajstić information content (AvgIpc) is 2.65. The molecule has 0 atom stereocenters. The van der Waals surface area contributed by atoms with E-state index in [1.54, 1.807) is 12.3 Å². The lowest BCUT2D eigenvalue weighted by Gasteiger charge is -2.28. The Labute approximate surface area is 152 Å². The predicted octanol–water partition coefficient (Wildman–Crippen LogP) is 3.82. The van der Waals surface area contributed by atoms with E-state index >= 15 is 0 Å². The van der Waals surface area contributed by atoms with Gasteiger partial charge in [-0.1, -0.05) is 48.0 Å². The lowest BCUT2D eigenvalue weighted by molar-refractivity contribution is -0.117. The maximum atomic E-state index is 12.4. The molecule has 5 heteroatoms. The summed E-state index contributed by atoms with van der Waals surface area (Å²) in [6, 6.07) is 17.4. The fraction of sp³-hybridized carbons (Fsp3) is 0.200. The second-order valence-corrected chi connectivity index (χ2v) is 6.26. The van der Waals surface area contributed by atoms with Crippen LogP contribution in [0.15, 0.2) is 60.3 Å². The van der Waals surface area contributed by atoms with Crippen LogP contribution in [-0.2, 0) is 17.8 Å². The molecule has 126 valence electrons. The number of nitrogens with one attached hydrogen (secondary N) is 1. The minimum Gasteiger partial charge on any atom is -0.347 e. The lowest BCUT2D eigenvalue weighted by Crippen LogP contribution is -2.28. The van der Waals surface area contributed by atoms with Crippen LogP contribution in [0.5, 0.6) is 0 Å². The second-order valence-electron chi connectivity index (χ2n) is 5.85.